The molecule has 0 aromatic carbocycles. The Morgan fingerprint density at radius 2 is 1.95 bits per heavy atom. The van der Waals surface area contributed by atoms with E-state index in [0.29, 0.717) is 6.04 Å². The first-order valence-corrected chi connectivity index (χ1v) is 7.94. The Kier molecular flexibility index (Phi) is 3.71. The van der Waals surface area contributed by atoms with Gasteiger partial charge in [0, 0.05) is 18.6 Å². The smallest absolute Gasteiger partial charge is 0.245 e. The van der Waals surface area contributed by atoms with Crippen LogP contribution in [0.3, 0.4) is 0 Å². The summed E-state index contributed by atoms with van der Waals surface area (Å²) in [5.74, 6) is 0.155. The minimum atomic E-state index is -0.299. The summed E-state index contributed by atoms with van der Waals surface area (Å²) >= 11 is 0. The van der Waals surface area contributed by atoms with Crippen LogP contribution in [-0.2, 0) is 9.59 Å². The van der Waals surface area contributed by atoms with Gasteiger partial charge in [-0.1, -0.05) is 0 Å². The highest BCUT2D eigenvalue weighted by Gasteiger charge is 2.42. The molecule has 5 heteroatoms. The molecule has 3 fully saturated rings. The van der Waals surface area contributed by atoms with Gasteiger partial charge < -0.3 is 10.2 Å². The second-order valence-electron chi connectivity index (χ2n) is 6.60. The van der Waals surface area contributed by atoms with E-state index in [4.69, 9.17) is 0 Å². The van der Waals surface area contributed by atoms with Gasteiger partial charge >= 0.3 is 0 Å². The molecule has 1 N–H and O–H groups in total. The van der Waals surface area contributed by atoms with E-state index in [-0.39, 0.29) is 29.9 Å². The number of carbonyl (C=O) groups is 2. The van der Waals surface area contributed by atoms with E-state index >= 15 is 0 Å². The zero-order valence-electron chi connectivity index (χ0n) is 12.5. The first kappa shape index (κ1) is 13.9. The average Bonchev–Trinajstić information content (AvgIpc) is 3.01. The van der Waals surface area contributed by atoms with E-state index in [9.17, 15) is 9.59 Å². The molecule has 2 amide bonds. The number of carbonyl (C=O) groups excluding carboxylic acids is 2. The van der Waals surface area contributed by atoms with E-state index in [1.165, 1.54) is 12.8 Å². The van der Waals surface area contributed by atoms with Crippen LogP contribution in [0.15, 0.2) is 0 Å². The molecule has 2 atom stereocenters. The fraction of sp³-hybridized carbons (Fsp3) is 0.867. The van der Waals surface area contributed by atoms with Crippen molar-refractivity contribution in [1.29, 1.82) is 0 Å². The molecule has 0 spiro atoms. The maximum absolute atomic E-state index is 12.4. The molecule has 0 aromatic rings. The Bertz CT molecular complexity index is 406. The molecule has 2 unspecified atom stereocenters. The molecule has 5 nitrogen and oxygen atoms in total. The van der Waals surface area contributed by atoms with Crippen LogP contribution < -0.4 is 5.32 Å². The Hall–Kier alpha value is -1.10. The van der Waals surface area contributed by atoms with Gasteiger partial charge in [-0.25, -0.2) is 0 Å². The van der Waals surface area contributed by atoms with Gasteiger partial charge in [-0.15, -0.1) is 0 Å². The second-order valence-corrected chi connectivity index (χ2v) is 6.60. The summed E-state index contributed by atoms with van der Waals surface area (Å²) in [6, 6.07) is 0.550. The molecular formula is C15H25N3O2. The fourth-order valence-corrected chi connectivity index (χ4v) is 3.53. The quantitative estimate of drug-likeness (QED) is 0.826. The van der Waals surface area contributed by atoms with E-state index in [1.54, 1.807) is 0 Å². The highest BCUT2D eigenvalue weighted by atomic mass is 16.2. The number of hydrogen-bond acceptors (Lipinski definition) is 3. The molecule has 0 aromatic heterocycles. The Morgan fingerprint density at radius 1 is 1.20 bits per heavy atom. The number of amides is 2. The molecule has 0 bridgehead atoms. The van der Waals surface area contributed by atoms with Gasteiger partial charge in [-0.2, -0.15) is 0 Å². The Morgan fingerprint density at radius 3 is 2.55 bits per heavy atom. The Balaban J connectivity index is 1.58. The lowest BCUT2D eigenvalue weighted by molar-refractivity contribution is -0.135. The van der Waals surface area contributed by atoms with Gasteiger partial charge in [0.05, 0.1) is 6.04 Å². The highest BCUT2D eigenvalue weighted by Crippen LogP contribution is 2.33. The highest BCUT2D eigenvalue weighted by molar-refractivity contribution is 5.91. The number of likely N-dealkylation sites (tertiary alicyclic amines) is 2. The lowest BCUT2D eigenvalue weighted by atomic mass is 10.1. The van der Waals surface area contributed by atoms with Crippen molar-refractivity contribution in [3.63, 3.8) is 0 Å². The van der Waals surface area contributed by atoms with Crippen LogP contribution in [0.2, 0.25) is 0 Å². The van der Waals surface area contributed by atoms with Crippen LogP contribution >= 0.6 is 0 Å². The predicted octanol–water partition coefficient (Wildman–Crippen LogP) is 0.739. The standard InChI is InChI=1S/C15H25N3O2/c1-10(2)17-9-7-12(15(17)20)16-14(19)13-4-3-8-18(13)11-5-6-11/h10-13H,3-9H2,1-2H3,(H,16,19). The maximum atomic E-state index is 12.4. The van der Waals surface area contributed by atoms with E-state index < -0.39 is 0 Å². The van der Waals surface area contributed by atoms with Gasteiger partial charge in [-0.3, -0.25) is 14.5 Å². The molecule has 1 saturated carbocycles. The van der Waals surface area contributed by atoms with Crippen molar-refractivity contribution < 1.29 is 9.59 Å². The molecule has 20 heavy (non-hydrogen) atoms. The van der Waals surface area contributed by atoms with E-state index in [2.05, 4.69) is 10.2 Å². The second kappa shape index (κ2) is 5.35. The third-order valence-corrected chi connectivity index (χ3v) is 4.79. The molecule has 1 aliphatic carbocycles. The predicted molar refractivity (Wildman–Crippen MR) is 76.1 cm³/mol. The number of nitrogens with one attached hydrogen (secondary N) is 1. The molecule has 2 aliphatic heterocycles. The lowest BCUT2D eigenvalue weighted by Crippen LogP contribution is -2.50. The normalized spacial score (nSPS) is 31.4. The van der Waals surface area contributed by atoms with Gasteiger partial charge in [0.2, 0.25) is 11.8 Å². The van der Waals surface area contributed by atoms with Crippen LogP contribution in [0, 0.1) is 0 Å². The lowest BCUT2D eigenvalue weighted by Gasteiger charge is -2.25. The zero-order valence-corrected chi connectivity index (χ0v) is 12.5. The van der Waals surface area contributed by atoms with E-state index in [0.717, 1.165) is 32.4 Å². The number of nitrogens with zero attached hydrogens (tertiary/aromatic N) is 2. The van der Waals surface area contributed by atoms with Crippen LogP contribution in [0.5, 0.6) is 0 Å². The molecule has 0 radical (unpaired) electrons. The van der Waals surface area contributed by atoms with Crippen molar-refractivity contribution in [3.05, 3.63) is 0 Å². The summed E-state index contributed by atoms with van der Waals surface area (Å²) in [4.78, 5) is 28.9. The summed E-state index contributed by atoms with van der Waals surface area (Å²) in [5, 5.41) is 3.00. The third kappa shape index (κ3) is 2.55. The van der Waals surface area contributed by atoms with Crippen molar-refractivity contribution >= 4 is 11.8 Å². The summed E-state index contributed by atoms with van der Waals surface area (Å²) < 4.78 is 0. The van der Waals surface area contributed by atoms with Crippen LogP contribution in [0.4, 0.5) is 0 Å². The van der Waals surface area contributed by atoms with Gasteiger partial charge in [0.25, 0.3) is 0 Å². The monoisotopic (exact) mass is 279 g/mol. The van der Waals surface area contributed by atoms with Gasteiger partial charge in [0.1, 0.15) is 6.04 Å². The minimum Gasteiger partial charge on any atom is -0.343 e. The molecule has 3 aliphatic rings. The largest absolute Gasteiger partial charge is 0.343 e. The topological polar surface area (TPSA) is 52.7 Å². The fourth-order valence-electron chi connectivity index (χ4n) is 3.53. The van der Waals surface area contributed by atoms with Gasteiger partial charge in [-0.05, 0) is 52.5 Å². The Labute approximate surface area is 120 Å². The third-order valence-electron chi connectivity index (χ3n) is 4.79. The van der Waals surface area contributed by atoms with Crippen molar-refractivity contribution in [1.82, 2.24) is 15.1 Å². The molecule has 3 rings (SSSR count). The first-order valence-electron chi connectivity index (χ1n) is 7.94. The minimum absolute atomic E-state index is 0.00315. The first-order chi connectivity index (χ1) is 9.58. The van der Waals surface area contributed by atoms with Crippen molar-refractivity contribution in [2.45, 2.75) is 70.1 Å². The summed E-state index contributed by atoms with van der Waals surface area (Å²) in [6.45, 7) is 5.85. The molecule has 2 saturated heterocycles. The van der Waals surface area contributed by atoms with Gasteiger partial charge in [0.15, 0.2) is 0 Å². The summed E-state index contributed by atoms with van der Waals surface area (Å²) in [6.07, 6.45) is 5.25. The molecule has 112 valence electrons. The van der Waals surface area contributed by atoms with Crippen LogP contribution in [-0.4, -0.2) is 58.9 Å². The average molecular weight is 279 g/mol. The van der Waals surface area contributed by atoms with Crippen LogP contribution in [0.1, 0.15) is 46.0 Å². The van der Waals surface area contributed by atoms with Crippen molar-refractivity contribution in [2.24, 2.45) is 0 Å². The van der Waals surface area contributed by atoms with Crippen LogP contribution in [0.25, 0.3) is 0 Å². The van der Waals surface area contributed by atoms with E-state index in [1.807, 2.05) is 18.7 Å². The number of hydrogen-bond donors (Lipinski definition) is 1. The molecule has 2 heterocycles. The number of rotatable bonds is 4. The maximum Gasteiger partial charge on any atom is 0.245 e. The zero-order chi connectivity index (χ0) is 14.3. The summed E-state index contributed by atoms with van der Waals surface area (Å²) in [5.41, 5.74) is 0. The van der Waals surface area contributed by atoms with Crippen molar-refractivity contribution in [2.75, 3.05) is 13.1 Å². The SMILES string of the molecule is CC(C)N1CCC(NC(=O)C2CCCN2C2CC2)C1=O. The summed E-state index contributed by atoms with van der Waals surface area (Å²) in [7, 11) is 0. The van der Waals surface area contributed by atoms with Crippen molar-refractivity contribution in [3.8, 4) is 0 Å². The molecular weight excluding hydrogens is 254 g/mol.